The third-order valence-corrected chi connectivity index (χ3v) is 9.99. The average Bonchev–Trinajstić information content (AvgIpc) is 3.42. The van der Waals surface area contributed by atoms with Crippen LogP contribution in [-0.2, 0) is 31.1 Å². The van der Waals surface area contributed by atoms with Gasteiger partial charge in [0.05, 0.1) is 17.2 Å². The Hall–Kier alpha value is -5.44. The Morgan fingerprint density at radius 3 is 2.47 bits per heavy atom. The van der Waals surface area contributed by atoms with Crippen molar-refractivity contribution in [2.24, 2.45) is 0 Å². The molecule has 6 rings (SSSR count). The van der Waals surface area contributed by atoms with Gasteiger partial charge in [-0.25, -0.2) is 0 Å². The van der Waals surface area contributed by atoms with E-state index in [4.69, 9.17) is 21.1 Å². The van der Waals surface area contributed by atoms with Crippen molar-refractivity contribution >= 4 is 23.3 Å². The number of benzene rings is 4. The fourth-order valence-corrected chi connectivity index (χ4v) is 6.58. The molecule has 4 aromatic carbocycles. The van der Waals surface area contributed by atoms with Crippen molar-refractivity contribution in [3.8, 4) is 39.8 Å². The van der Waals surface area contributed by atoms with Crippen molar-refractivity contribution in [1.82, 2.24) is 15.6 Å². The monoisotopic (exact) mass is 731 g/mol. The Bertz CT molecular complexity index is 2180. The van der Waals surface area contributed by atoms with E-state index < -0.39 is 18.1 Å². The molecule has 0 spiro atoms. The van der Waals surface area contributed by atoms with Gasteiger partial charge in [0.15, 0.2) is 0 Å². The number of rotatable bonds is 13. The maximum Gasteiger partial charge on any atom is 0.326 e. The lowest BCUT2D eigenvalue weighted by atomic mass is 9.89. The van der Waals surface area contributed by atoms with Crippen molar-refractivity contribution in [2.45, 2.75) is 52.6 Å². The molecule has 1 atom stereocenters. The molecule has 10 nitrogen and oxygen atoms in total. The van der Waals surface area contributed by atoms with Crippen LogP contribution in [0.15, 0.2) is 85.2 Å². The second kappa shape index (κ2) is 16.5. The molecule has 0 radical (unpaired) electrons. The Labute approximate surface area is 314 Å². The minimum atomic E-state index is -1.58. The normalized spacial score (nSPS) is 13.5. The third-order valence-electron chi connectivity index (χ3n) is 9.70. The largest absolute Gasteiger partial charge is 0.488 e. The molecule has 1 aliphatic rings. The van der Waals surface area contributed by atoms with Crippen LogP contribution in [0.1, 0.15) is 45.9 Å². The van der Waals surface area contributed by atoms with Crippen LogP contribution in [0.5, 0.6) is 11.5 Å². The van der Waals surface area contributed by atoms with Gasteiger partial charge < -0.3 is 30.3 Å². The number of carbonyl (C=O) groups is 1. The lowest BCUT2D eigenvalue weighted by Gasteiger charge is -2.25. The summed E-state index contributed by atoms with van der Waals surface area (Å²) in [5.74, 6) is -0.420. The lowest BCUT2D eigenvalue weighted by molar-refractivity contribution is -0.145. The molecule has 11 heteroatoms. The summed E-state index contributed by atoms with van der Waals surface area (Å²) >= 11 is 6.76. The summed E-state index contributed by atoms with van der Waals surface area (Å²) in [4.78, 5) is 15.9. The van der Waals surface area contributed by atoms with E-state index in [1.54, 1.807) is 24.4 Å². The van der Waals surface area contributed by atoms with Crippen LogP contribution in [0.2, 0.25) is 5.02 Å². The van der Waals surface area contributed by atoms with Gasteiger partial charge in [0, 0.05) is 61.5 Å². The van der Waals surface area contributed by atoms with Crippen molar-refractivity contribution in [3.05, 3.63) is 129 Å². The molecule has 1 aromatic heterocycles. The number of nitriles is 1. The second-order valence-corrected chi connectivity index (χ2v) is 13.8. The minimum absolute atomic E-state index is 0.0356. The average molecular weight is 732 g/mol. The maximum atomic E-state index is 11.8. The quantitative estimate of drug-likeness (QED) is 0.0845. The SMILES string of the molecule is Cc1c(COc2cc(OCc3cncc(C#N)c3)c(CNC(C)(CO)C(=O)O)cc2Cl)cccc1-c1cccc(-c2ccc3c(c2)NCCNC3)c1C. The summed E-state index contributed by atoms with van der Waals surface area (Å²) in [7, 11) is 0. The molecule has 1 aliphatic heterocycles. The first kappa shape index (κ1) is 37.3. The number of nitrogens with one attached hydrogen (secondary N) is 3. The molecule has 1 unspecified atom stereocenters. The van der Waals surface area contributed by atoms with Crippen molar-refractivity contribution in [2.75, 3.05) is 25.0 Å². The predicted octanol–water partition coefficient (Wildman–Crippen LogP) is 7.16. The molecular weight excluding hydrogens is 690 g/mol. The molecule has 53 heavy (non-hydrogen) atoms. The number of hydrogen-bond acceptors (Lipinski definition) is 9. The van der Waals surface area contributed by atoms with Gasteiger partial charge in [-0.3, -0.25) is 15.1 Å². The van der Waals surface area contributed by atoms with E-state index in [0.29, 0.717) is 33.2 Å². The van der Waals surface area contributed by atoms with E-state index in [1.165, 1.54) is 41.1 Å². The van der Waals surface area contributed by atoms with E-state index in [9.17, 15) is 20.3 Å². The molecule has 0 aliphatic carbocycles. The van der Waals surface area contributed by atoms with Crippen LogP contribution in [0.3, 0.4) is 0 Å². The Morgan fingerprint density at radius 2 is 1.70 bits per heavy atom. The van der Waals surface area contributed by atoms with Gasteiger partial charge in [0.25, 0.3) is 0 Å². The van der Waals surface area contributed by atoms with Crippen LogP contribution in [0.25, 0.3) is 22.3 Å². The second-order valence-electron chi connectivity index (χ2n) is 13.4. The Morgan fingerprint density at radius 1 is 0.943 bits per heavy atom. The summed E-state index contributed by atoms with van der Waals surface area (Å²) in [6.07, 6.45) is 3.07. The first-order valence-corrected chi connectivity index (χ1v) is 17.8. The highest BCUT2D eigenvalue weighted by Gasteiger charge is 2.32. The number of ether oxygens (including phenoxy) is 2. The zero-order valence-corrected chi connectivity index (χ0v) is 30.7. The standard InChI is InChI=1S/C42H42ClN5O5/c1-26-32(6-4-8-35(26)36-9-5-7-34(27(36)2)30-10-11-31-21-45-12-13-47-38(31)16-30)24-53-40-17-39(52-23-29-14-28(18-44)19-46-20-29)33(15-37(40)43)22-48-42(3,25-49)41(50)51/h4-11,14-17,19-20,45,47-49H,12-13,21-25H2,1-3H3,(H,50,51). The number of fused-ring (bicyclic) bond motifs is 1. The summed E-state index contributed by atoms with van der Waals surface area (Å²) in [5.41, 5.74) is 10.3. The highest BCUT2D eigenvalue weighted by Crippen LogP contribution is 2.38. The number of carboxylic acids is 1. The molecule has 272 valence electrons. The highest BCUT2D eigenvalue weighted by atomic mass is 35.5. The van der Waals surface area contributed by atoms with E-state index >= 15 is 0 Å². The number of nitrogens with zero attached hydrogens (tertiary/aromatic N) is 2. The number of aliphatic hydroxyl groups is 1. The molecule has 0 saturated heterocycles. The van der Waals surface area contributed by atoms with Crippen LogP contribution in [0.4, 0.5) is 5.69 Å². The van der Waals surface area contributed by atoms with Gasteiger partial charge in [0.1, 0.15) is 36.3 Å². The van der Waals surface area contributed by atoms with Crippen molar-refractivity contribution in [3.63, 3.8) is 0 Å². The third kappa shape index (κ3) is 8.46. The zero-order chi connectivity index (χ0) is 37.5. The number of aromatic nitrogens is 1. The van der Waals surface area contributed by atoms with Gasteiger partial charge in [-0.15, -0.1) is 0 Å². The van der Waals surface area contributed by atoms with E-state index in [0.717, 1.165) is 41.9 Å². The van der Waals surface area contributed by atoms with Crippen molar-refractivity contribution in [1.29, 1.82) is 5.26 Å². The number of anilines is 1. The minimum Gasteiger partial charge on any atom is -0.488 e. The first-order chi connectivity index (χ1) is 25.6. The van der Waals surface area contributed by atoms with Crippen LogP contribution >= 0.6 is 11.6 Å². The van der Waals surface area contributed by atoms with E-state index in [1.807, 2.05) is 12.1 Å². The molecule has 2 heterocycles. The van der Waals surface area contributed by atoms with E-state index in [-0.39, 0.29) is 19.8 Å². The molecule has 0 saturated carbocycles. The number of carboxylic acid groups (broad SMARTS) is 1. The number of pyridine rings is 1. The Kier molecular flexibility index (Phi) is 11.6. The smallest absolute Gasteiger partial charge is 0.326 e. The Balaban J connectivity index is 1.26. The molecule has 0 fully saturated rings. The lowest BCUT2D eigenvalue weighted by Crippen LogP contribution is -2.52. The summed E-state index contributed by atoms with van der Waals surface area (Å²) in [6.45, 7) is 8.05. The number of aliphatic carboxylic acids is 1. The molecule has 0 bridgehead atoms. The maximum absolute atomic E-state index is 11.8. The molecule has 5 aromatic rings. The number of aliphatic hydroxyl groups excluding tert-OH is 1. The zero-order valence-electron chi connectivity index (χ0n) is 29.9. The van der Waals surface area contributed by atoms with Crippen LogP contribution < -0.4 is 25.4 Å². The number of hydrogen-bond donors (Lipinski definition) is 5. The van der Waals surface area contributed by atoms with Crippen molar-refractivity contribution < 1.29 is 24.5 Å². The van der Waals surface area contributed by atoms with Gasteiger partial charge in [0.2, 0.25) is 0 Å². The van der Waals surface area contributed by atoms with Gasteiger partial charge in [-0.2, -0.15) is 5.26 Å². The van der Waals surface area contributed by atoms with Crippen LogP contribution in [0, 0.1) is 25.2 Å². The van der Waals surface area contributed by atoms with Gasteiger partial charge in [-0.1, -0.05) is 60.1 Å². The topological polar surface area (TPSA) is 149 Å². The van der Waals surface area contributed by atoms with Gasteiger partial charge >= 0.3 is 5.97 Å². The summed E-state index contributed by atoms with van der Waals surface area (Å²) in [6, 6.07) is 26.3. The predicted molar refractivity (Wildman–Crippen MR) is 206 cm³/mol. The molecule has 0 amide bonds. The molecule has 5 N–H and O–H groups in total. The summed E-state index contributed by atoms with van der Waals surface area (Å²) < 4.78 is 12.5. The molecular formula is C42H42ClN5O5. The fourth-order valence-electron chi connectivity index (χ4n) is 6.34. The number of halogens is 1. The highest BCUT2D eigenvalue weighted by molar-refractivity contribution is 6.32. The van der Waals surface area contributed by atoms with E-state index in [2.05, 4.69) is 83.3 Å². The fraction of sp³-hybridized carbons (Fsp3) is 0.262. The summed E-state index contributed by atoms with van der Waals surface area (Å²) in [5, 5.41) is 38.9. The van der Waals surface area contributed by atoms with Crippen LogP contribution in [-0.4, -0.2) is 46.4 Å². The van der Waals surface area contributed by atoms with Gasteiger partial charge in [-0.05, 0) is 83.5 Å². The first-order valence-electron chi connectivity index (χ1n) is 17.4.